The molecule has 3 aromatic rings. The lowest BCUT2D eigenvalue weighted by Crippen LogP contribution is -2.32. The summed E-state index contributed by atoms with van der Waals surface area (Å²) in [6.07, 6.45) is -1.20. The van der Waals surface area contributed by atoms with Crippen LogP contribution in [-0.2, 0) is 12.7 Å². The number of nitrogens with zero attached hydrogens (tertiary/aromatic N) is 3. The van der Waals surface area contributed by atoms with Crippen molar-refractivity contribution in [1.29, 1.82) is 0 Å². The third-order valence-corrected chi connectivity index (χ3v) is 7.14. The van der Waals surface area contributed by atoms with Crippen molar-refractivity contribution in [2.24, 2.45) is 0 Å². The molecule has 1 N–H and O–H groups in total. The van der Waals surface area contributed by atoms with Gasteiger partial charge in [0.05, 0.1) is 28.7 Å². The molecule has 1 aliphatic heterocycles. The van der Waals surface area contributed by atoms with Gasteiger partial charge in [-0.25, -0.2) is 4.68 Å². The van der Waals surface area contributed by atoms with Crippen molar-refractivity contribution in [2.75, 3.05) is 29.5 Å². The predicted octanol–water partition coefficient (Wildman–Crippen LogP) is 5.25. The van der Waals surface area contributed by atoms with Gasteiger partial charge in [-0.05, 0) is 48.7 Å². The van der Waals surface area contributed by atoms with Gasteiger partial charge in [0.25, 0.3) is 5.91 Å². The average molecular weight is 487 g/mol. The maximum Gasteiger partial charge on any atom is 0.416 e. The van der Waals surface area contributed by atoms with Crippen LogP contribution in [0.5, 0.6) is 0 Å². The van der Waals surface area contributed by atoms with E-state index in [1.54, 1.807) is 6.07 Å². The minimum absolute atomic E-state index is 0.125. The van der Waals surface area contributed by atoms with Gasteiger partial charge in [0.15, 0.2) is 0 Å². The molecule has 1 aliphatic carbocycles. The SMILES string of the molecule is O=C(NCc1ccc(N2CCSCC2)cc1)c1cnn(-c2cccc(C(F)(F)F)c2)c1C1CC1. The van der Waals surface area contributed by atoms with Crippen molar-refractivity contribution in [1.82, 2.24) is 15.1 Å². The number of hydrogen-bond donors (Lipinski definition) is 1. The highest BCUT2D eigenvalue weighted by molar-refractivity contribution is 7.99. The minimum atomic E-state index is -4.44. The summed E-state index contributed by atoms with van der Waals surface area (Å²) in [5.41, 5.74) is 2.84. The van der Waals surface area contributed by atoms with Gasteiger partial charge in [-0.15, -0.1) is 0 Å². The topological polar surface area (TPSA) is 50.2 Å². The third-order valence-electron chi connectivity index (χ3n) is 6.20. The van der Waals surface area contributed by atoms with Gasteiger partial charge in [-0.3, -0.25) is 4.79 Å². The first-order valence-electron chi connectivity index (χ1n) is 11.4. The van der Waals surface area contributed by atoms with Gasteiger partial charge in [0, 0.05) is 42.7 Å². The van der Waals surface area contributed by atoms with Crippen LogP contribution in [-0.4, -0.2) is 40.3 Å². The second-order valence-electron chi connectivity index (χ2n) is 8.63. The van der Waals surface area contributed by atoms with Crippen LogP contribution in [0.4, 0.5) is 18.9 Å². The highest BCUT2D eigenvalue weighted by Gasteiger charge is 2.34. The maximum atomic E-state index is 13.2. The molecule has 0 atom stereocenters. The molecule has 1 aromatic heterocycles. The van der Waals surface area contributed by atoms with E-state index in [1.165, 1.54) is 22.6 Å². The van der Waals surface area contributed by atoms with Gasteiger partial charge in [0.1, 0.15) is 0 Å². The zero-order chi connectivity index (χ0) is 23.7. The maximum absolute atomic E-state index is 13.2. The second kappa shape index (κ2) is 9.37. The number of amides is 1. The number of hydrogen-bond acceptors (Lipinski definition) is 4. The molecule has 1 amide bonds. The molecular weight excluding hydrogens is 461 g/mol. The van der Waals surface area contributed by atoms with Crippen LogP contribution < -0.4 is 10.2 Å². The summed E-state index contributed by atoms with van der Waals surface area (Å²) >= 11 is 1.97. The molecule has 0 bridgehead atoms. The molecule has 34 heavy (non-hydrogen) atoms. The number of aromatic nitrogens is 2. The summed E-state index contributed by atoms with van der Waals surface area (Å²) in [6, 6.07) is 13.3. The smallest absolute Gasteiger partial charge is 0.370 e. The van der Waals surface area contributed by atoms with Crippen molar-refractivity contribution < 1.29 is 18.0 Å². The fourth-order valence-corrected chi connectivity index (χ4v) is 5.13. The molecule has 178 valence electrons. The summed E-state index contributed by atoms with van der Waals surface area (Å²) in [5, 5.41) is 7.24. The van der Waals surface area contributed by atoms with Gasteiger partial charge in [0.2, 0.25) is 0 Å². The Morgan fingerprint density at radius 2 is 1.79 bits per heavy atom. The van der Waals surface area contributed by atoms with E-state index in [0.29, 0.717) is 23.5 Å². The number of carbonyl (C=O) groups excluding carboxylic acids is 1. The van der Waals surface area contributed by atoms with E-state index >= 15 is 0 Å². The Hall–Kier alpha value is -2.94. The monoisotopic (exact) mass is 486 g/mol. The fourth-order valence-electron chi connectivity index (χ4n) is 4.23. The molecule has 0 unspecified atom stereocenters. The Morgan fingerprint density at radius 3 is 2.47 bits per heavy atom. The quantitative estimate of drug-likeness (QED) is 0.517. The number of halogens is 3. The number of nitrogens with one attached hydrogen (secondary N) is 1. The average Bonchev–Trinajstić information content (AvgIpc) is 3.60. The number of anilines is 1. The lowest BCUT2D eigenvalue weighted by Gasteiger charge is -2.28. The summed E-state index contributed by atoms with van der Waals surface area (Å²) < 4.78 is 41.0. The van der Waals surface area contributed by atoms with Crippen molar-refractivity contribution in [3.05, 3.63) is 77.1 Å². The molecule has 0 radical (unpaired) electrons. The number of alkyl halides is 3. The third kappa shape index (κ3) is 4.94. The van der Waals surface area contributed by atoms with Crippen molar-refractivity contribution in [3.63, 3.8) is 0 Å². The standard InChI is InChI=1S/C25H25F3N4OS/c26-25(27,28)19-2-1-3-21(14-19)32-23(18-6-7-18)22(16-30-32)24(33)29-15-17-4-8-20(9-5-17)31-10-12-34-13-11-31/h1-5,8-9,14,16,18H,6-7,10-13,15H2,(H,29,33). The number of benzene rings is 2. The van der Waals surface area contributed by atoms with Crippen molar-refractivity contribution >= 4 is 23.4 Å². The van der Waals surface area contributed by atoms with E-state index in [9.17, 15) is 18.0 Å². The molecule has 0 spiro atoms. The zero-order valence-corrected chi connectivity index (χ0v) is 19.3. The second-order valence-corrected chi connectivity index (χ2v) is 9.85. The Labute approximate surface area is 200 Å². The van der Waals surface area contributed by atoms with E-state index < -0.39 is 11.7 Å². The van der Waals surface area contributed by atoms with Crippen LogP contribution in [0.3, 0.4) is 0 Å². The molecule has 5 nitrogen and oxygen atoms in total. The van der Waals surface area contributed by atoms with Crippen LogP contribution in [0.15, 0.2) is 54.7 Å². The largest absolute Gasteiger partial charge is 0.416 e. The normalized spacial score (nSPS) is 16.5. The van der Waals surface area contributed by atoms with Gasteiger partial charge < -0.3 is 10.2 Å². The minimum Gasteiger partial charge on any atom is -0.370 e. The van der Waals surface area contributed by atoms with E-state index in [2.05, 4.69) is 27.4 Å². The Bertz CT molecular complexity index is 1170. The van der Waals surface area contributed by atoms with E-state index in [-0.39, 0.29) is 11.8 Å². The van der Waals surface area contributed by atoms with E-state index in [4.69, 9.17) is 0 Å². The predicted molar refractivity (Wildman–Crippen MR) is 128 cm³/mol. The summed E-state index contributed by atoms with van der Waals surface area (Å²) in [5.74, 6) is 2.13. The van der Waals surface area contributed by atoms with Crippen LogP contribution in [0.1, 0.15) is 45.9 Å². The summed E-state index contributed by atoms with van der Waals surface area (Å²) in [6.45, 7) is 2.45. The number of thioether (sulfide) groups is 1. The first-order chi connectivity index (χ1) is 16.4. The highest BCUT2D eigenvalue weighted by atomic mass is 32.2. The Kier molecular flexibility index (Phi) is 6.29. The van der Waals surface area contributed by atoms with Gasteiger partial charge >= 0.3 is 6.18 Å². The van der Waals surface area contributed by atoms with Crippen LogP contribution in [0.2, 0.25) is 0 Å². The molecule has 2 aromatic carbocycles. The molecule has 2 fully saturated rings. The lowest BCUT2D eigenvalue weighted by atomic mass is 10.1. The molecule has 2 heterocycles. The zero-order valence-electron chi connectivity index (χ0n) is 18.5. The van der Waals surface area contributed by atoms with Gasteiger partial charge in [-0.2, -0.15) is 30.0 Å². The van der Waals surface area contributed by atoms with Crippen LogP contribution >= 0.6 is 11.8 Å². The van der Waals surface area contributed by atoms with Gasteiger partial charge in [-0.1, -0.05) is 18.2 Å². The molecule has 9 heteroatoms. The Balaban J connectivity index is 1.31. The first-order valence-corrected chi connectivity index (χ1v) is 12.5. The van der Waals surface area contributed by atoms with Crippen molar-refractivity contribution in [3.8, 4) is 5.69 Å². The Morgan fingerprint density at radius 1 is 1.06 bits per heavy atom. The number of carbonyl (C=O) groups is 1. The van der Waals surface area contributed by atoms with Crippen LogP contribution in [0, 0.1) is 0 Å². The highest BCUT2D eigenvalue weighted by Crippen LogP contribution is 2.43. The molecular formula is C25H25F3N4OS. The summed E-state index contributed by atoms with van der Waals surface area (Å²) in [7, 11) is 0. The summed E-state index contributed by atoms with van der Waals surface area (Å²) in [4.78, 5) is 15.4. The van der Waals surface area contributed by atoms with E-state index in [0.717, 1.165) is 55.1 Å². The first kappa shape index (κ1) is 22.8. The lowest BCUT2D eigenvalue weighted by molar-refractivity contribution is -0.137. The number of rotatable bonds is 6. The fraction of sp³-hybridized carbons (Fsp3) is 0.360. The molecule has 2 aliphatic rings. The van der Waals surface area contributed by atoms with Crippen LogP contribution in [0.25, 0.3) is 5.69 Å². The van der Waals surface area contributed by atoms with E-state index in [1.807, 2.05) is 23.9 Å². The molecule has 5 rings (SSSR count). The molecule has 1 saturated heterocycles. The van der Waals surface area contributed by atoms with Crippen molar-refractivity contribution in [2.45, 2.75) is 31.5 Å². The molecule has 1 saturated carbocycles.